The number of anilines is 1. The van der Waals surface area contributed by atoms with Crippen LogP contribution in [0.4, 0.5) is 18.9 Å². The van der Waals surface area contributed by atoms with Gasteiger partial charge in [-0.05, 0) is 24.6 Å². The van der Waals surface area contributed by atoms with Crippen molar-refractivity contribution in [2.75, 3.05) is 5.32 Å². The number of hydrogen-bond donors (Lipinski definition) is 2. The maximum Gasteiger partial charge on any atom is 0.573 e. The second-order valence-electron chi connectivity index (χ2n) is 4.57. The fourth-order valence-corrected chi connectivity index (χ4v) is 2.30. The van der Waals surface area contributed by atoms with Crippen molar-refractivity contribution in [3.63, 3.8) is 0 Å². The van der Waals surface area contributed by atoms with Gasteiger partial charge in [0.15, 0.2) is 5.75 Å². The van der Waals surface area contributed by atoms with Gasteiger partial charge in [-0.25, -0.2) is 0 Å². The third kappa shape index (κ3) is 4.47. The molecule has 21 heavy (non-hydrogen) atoms. The van der Waals surface area contributed by atoms with Gasteiger partial charge in [0.2, 0.25) is 5.91 Å². The summed E-state index contributed by atoms with van der Waals surface area (Å²) >= 11 is 3.06. The molecule has 3 N–H and O–H groups in total. The fourth-order valence-electron chi connectivity index (χ4n) is 1.96. The Morgan fingerprint density at radius 3 is 2.67 bits per heavy atom. The lowest BCUT2D eigenvalue weighted by Crippen LogP contribution is -2.25. The Morgan fingerprint density at radius 1 is 1.38 bits per heavy atom. The number of benzene rings is 1. The highest BCUT2D eigenvalue weighted by Crippen LogP contribution is 2.33. The van der Waals surface area contributed by atoms with E-state index in [9.17, 15) is 18.0 Å². The number of nitrogens with two attached hydrogens (primary N) is 1. The molecule has 0 heterocycles. The Labute approximate surface area is 127 Å². The van der Waals surface area contributed by atoms with Crippen LogP contribution in [0.2, 0.25) is 0 Å². The summed E-state index contributed by atoms with van der Waals surface area (Å²) in [5.41, 5.74) is 5.60. The molecule has 0 radical (unpaired) electrons. The summed E-state index contributed by atoms with van der Waals surface area (Å²) in [6.45, 7) is 0. The molecule has 1 aromatic rings. The van der Waals surface area contributed by atoms with Gasteiger partial charge in [-0.2, -0.15) is 0 Å². The van der Waals surface area contributed by atoms with Gasteiger partial charge < -0.3 is 15.8 Å². The number of carbonyl (C=O) groups excluding carboxylic acids is 1. The normalized spacial score (nSPS) is 21.4. The average molecular weight is 365 g/mol. The van der Waals surface area contributed by atoms with E-state index < -0.39 is 23.9 Å². The smallest absolute Gasteiger partial charge is 0.404 e. The van der Waals surface area contributed by atoms with Crippen LogP contribution in [0.15, 0.2) is 34.8 Å². The lowest BCUT2D eigenvalue weighted by atomic mass is 10.1. The van der Waals surface area contributed by atoms with Crippen molar-refractivity contribution in [1.29, 1.82) is 0 Å². The standard InChI is InChI=1S/C13H12BrF3N2O2/c14-8-2-4-10(11(6-8)21-13(15,16)17)19-12(20)7-1-3-9(18)5-7/h1-4,6-7,9H,5,18H2,(H,19,20). The number of carbonyl (C=O) groups is 1. The Bertz CT molecular complexity index is 575. The molecule has 2 atom stereocenters. The van der Waals surface area contributed by atoms with Crippen molar-refractivity contribution >= 4 is 27.5 Å². The van der Waals surface area contributed by atoms with Crippen molar-refractivity contribution in [1.82, 2.24) is 0 Å². The van der Waals surface area contributed by atoms with Crippen LogP contribution in [0.25, 0.3) is 0 Å². The first-order chi connectivity index (χ1) is 9.74. The molecule has 1 amide bonds. The van der Waals surface area contributed by atoms with E-state index in [0.29, 0.717) is 10.9 Å². The Hall–Kier alpha value is -1.54. The molecular weight excluding hydrogens is 353 g/mol. The monoisotopic (exact) mass is 364 g/mol. The molecule has 1 aliphatic carbocycles. The molecule has 4 nitrogen and oxygen atoms in total. The van der Waals surface area contributed by atoms with Crippen molar-refractivity contribution in [2.24, 2.45) is 11.7 Å². The molecule has 8 heteroatoms. The largest absolute Gasteiger partial charge is 0.573 e. The third-order valence-electron chi connectivity index (χ3n) is 2.88. The van der Waals surface area contributed by atoms with Crippen molar-refractivity contribution < 1.29 is 22.7 Å². The number of ether oxygens (including phenoxy) is 1. The number of hydrogen-bond acceptors (Lipinski definition) is 3. The molecule has 2 rings (SSSR count). The predicted molar refractivity (Wildman–Crippen MR) is 74.7 cm³/mol. The maximum absolute atomic E-state index is 12.4. The van der Waals surface area contributed by atoms with Crippen molar-refractivity contribution in [2.45, 2.75) is 18.8 Å². The van der Waals surface area contributed by atoms with E-state index in [-0.39, 0.29) is 11.7 Å². The fraction of sp³-hybridized carbons (Fsp3) is 0.308. The van der Waals surface area contributed by atoms with Crippen LogP contribution in [0, 0.1) is 5.92 Å². The second kappa shape index (κ2) is 6.07. The number of alkyl halides is 3. The highest BCUT2D eigenvalue weighted by Gasteiger charge is 2.33. The minimum Gasteiger partial charge on any atom is -0.404 e. The molecule has 114 valence electrons. The summed E-state index contributed by atoms with van der Waals surface area (Å²) < 4.78 is 41.4. The van der Waals surface area contributed by atoms with Crippen molar-refractivity contribution in [3.05, 3.63) is 34.8 Å². The zero-order valence-corrected chi connectivity index (χ0v) is 12.2. The molecule has 0 aliphatic heterocycles. The third-order valence-corrected chi connectivity index (χ3v) is 3.37. The highest BCUT2D eigenvalue weighted by molar-refractivity contribution is 9.10. The highest BCUT2D eigenvalue weighted by atomic mass is 79.9. The molecule has 0 spiro atoms. The van der Waals surface area contributed by atoms with Crippen LogP contribution in [0.1, 0.15) is 6.42 Å². The maximum atomic E-state index is 12.4. The molecule has 0 bridgehead atoms. The number of halogens is 4. The van der Waals surface area contributed by atoms with Gasteiger partial charge in [-0.1, -0.05) is 28.1 Å². The molecule has 1 aromatic carbocycles. The van der Waals surface area contributed by atoms with Gasteiger partial charge in [0.05, 0.1) is 11.6 Å². The van der Waals surface area contributed by atoms with Crippen LogP contribution < -0.4 is 15.8 Å². The molecule has 0 aromatic heterocycles. The van der Waals surface area contributed by atoms with Gasteiger partial charge in [-0.3, -0.25) is 4.79 Å². The molecule has 0 fully saturated rings. The Balaban J connectivity index is 2.16. The summed E-state index contributed by atoms with van der Waals surface area (Å²) in [6.07, 6.45) is -1.07. The lowest BCUT2D eigenvalue weighted by molar-refractivity contribution is -0.274. The number of amides is 1. The molecule has 0 saturated heterocycles. The molecular formula is C13H12BrF3N2O2. The summed E-state index contributed by atoms with van der Waals surface area (Å²) in [5, 5.41) is 2.43. The van der Waals surface area contributed by atoms with Crippen LogP contribution >= 0.6 is 15.9 Å². The summed E-state index contributed by atoms with van der Waals surface area (Å²) in [7, 11) is 0. The van der Waals surface area contributed by atoms with E-state index in [0.717, 1.165) is 6.07 Å². The van der Waals surface area contributed by atoms with Gasteiger partial charge in [0.25, 0.3) is 0 Å². The van der Waals surface area contributed by atoms with Crippen molar-refractivity contribution in [3.8, 4) is 5.75 Å². The molecule has 0 saturated carbocycles. The topological polar surface area (TPSA) is 64.4 Å². The summed E-state index contributed by atoms with van der Waals surface area (Å²) in [4.78, 5) is 12.0. The van der Waals surface area contributed by atoms with E-state index in [2.05, 4.69) is 26.0 Å². The minimum absolute atomic E-state index is 0.0469. The van der Waals surface area contributed by atoms with E-state index in [1.807, 2.05) is 0 Å². The molecule has 2 unspecified atom stereocenters. The van der Waals surface area contributed by atoms with Gasteiger partial charge in [0, 0.05) is 10.5 Å². The van der Waals surface area contributed by atoms with E-state index in [1.165, 1.54) is 12.1 Å². The Kier molecular flexibility index (Phi) is 4.58. The van der Waals surface area contributed by atoms with Crippen LogP contribution in [0.5, 0.6) is 5.75 Å². The number of rotatable bonds is 3. The second-order valence-corrected chi connectivity index (χ2v) is 5.48. The van der Waals surface area contributed by atoms with Crippen LogP contribution in [-0.2, 0) is 4.79 Å². The van der Waals surface area contributed by atoms with Crippen LogP contribution in [-0.4, -0.2) is 18.3 Å². The summed E-state index contributed by atoms with van der Waals surface area (Å²) in [5.74, 6) is -1.35. The van der Waals surface area contributed by atoms with Gasteiger partial charge in [-0.15, -0.1) is 13.2 Å². The molecule has 1 aliphatic rings. The number of nitrogens with one attached hydrogen (secondary N) is 1. The van der Waals surface area contributed by atoms with Gasteiger partial charge in [0.1, 0.15) is 0 Å². The van der Waals surface area contributed by atoms with Crippen LogP contribution in [0.3, 0.4) is 0 Å². The van der Waals surface area contributed by atoms with E-state index in [1.54, 1.807) is 12.2 Å². The first-order valence-corrected chi connectivity index (χ1v) is 6.84. The van der Waals surface area contributed by atoms with Gasteiger partial charge >= 0.3 is 6.36 Å². The zero-order chi connectivity index (χ0) is 15.6. The Morgan fingerprint density at radius 2 is 2.10 bits per heavy atom. The predicted octanol–water partition coefficient (Wildman–Crippen LogP) is 3.19. The first kappa shape index (κ1) is 15.8. The van der Waals surface area contributed by atoms with E-state index in [4.69, 9.17) is 5.73 Å². The quantitative estimate of drug-likeness (QED) is 0.809. The SMILES string of the molecule is NC1C=CC(C(=O)Nc2ccc(Br)cc2OC(F)(F)F)C1. The lowest BCUT2D eigenvalue weighted by Gasteiger charge is -2.16. The average Bonchev–Trinajstić information content (AvgIpc) is 2.77. The summed E-state index contributed by atoms with van der Waals surface area (Å²) in [6, 6.07) is 3.77. The minimum atomic E-state index is -4.84. The zero-order valence-electron chi connectivity index (χ0n) is 10.7. The van der Waals surface area contributed by atoms with E-state index >= 15 is 0 Å². The first-order valence-electron chi connectivity index (χ1n) is 6.04.